The van der Waals surface area contributed by atoms with Gasteiger partial charge in [0.2, 0.25) is 20.0 Å². The van der Waals surface area contributed by atoms with Gasteiger partial charge in [0.1, 0.15) is 11.6 Å². The van der Waals surface area contributed by atoms with Crippen molar-refractivity contribution in [3.63, 3.8) is 0 Å². The van der Waals surface area contributed by atoms with Gasteiger partial charge in [-0.1, -0.05) is 44.2 Å². The molecule has 0 spiro atoms. The van der Waals surface area contributed by atoms with Crippen LogP contribution in [0.1, 0.15) is 30.0 Å². The van der Waals surface area contributed by atoms with Crippen LogP contribution in [0.3, 0.4) is 0 Å². The molecule has 0 aliphatic carbocycles. The van der Waals surface area contributed by atoms with Crippen molar-refractivity contribution in [3.8, 4) is 11.1 Å². The summed E-state index contributed by atoms with van der Waals surface area (Å²) in [5.74, 6) is -1.43. The molecule has 0 aliphatic rings. The molecule has 222 valence electrons. The van der Waals surface area contributed by atoms with Gasteiger partial charge in [-0.3, -0.25) is 14.3 Å². The van der Waals surface area contributed by atoms with Crippen molar-refractivity contribution in [3.05, 3.63) is 78.1 Å². The van der Waals surface area contributed by atoms with Crippen LogP contribution in [-0.2, 0) is 29.6 Å². The number of amides is 1. The fourth-order valence-corrected chi connectivity index (χ4v) is 6.29. The number of methoxy groups -OCH3 is 1. The molecule has 0 aliphatic heterocycles. The molecular formula is C29H31N3O8S2. The molecule has 4 rings (SSSR count). The third-order valence-corrected chi connectivity index (χ3v) is 8.55. The van der Waals surface area contributed by atoms with E-state index >= 15 is 0 Å². The van der Waals surface area contributed by atoms with Gasteiger partial charge in [-0.2, -0.15) is 4.72 Å². The molecule has 1 aromatic heterocycles. The molecule has 0 bridgehead atoms. The van der Waals surface area contributed by atoms with E-state index in [9.17, 15) is 26.4 Å². The first kappa shape index (κ1) is 30.8. The van der Waals surface area contributed by atoms with E-state index in [2.05, 4.69) is 14.8 Å². The van der Waals surface area contributed by atoms with Gasteiger partial charge in [-0.15, -0.1) is 0 Å². The van der Waals surface area contributed by atoms with Crippen LogP contribution in [0.25, 0.3) is 22.1 Å². The Labute approximate surface area is 244 Å². The molecule has 1 amide bonds. The number of rotatable bonds is 10. The molecule has 42 heavy (non-hydrogen) atoms. The van der Waals surface area contributed by atoms with E-state index in [1.165, 1.54) is 19.2 Å². The second-order valence-electron chi connectivity index (χ2n) is 10.0. The third-order valence-electron chi connectivity index (χ3n) is 6.50. The second kappa shape index (κ2) is 12.0. The van der Waals surface area contributed by atoms with Crippen molar-refractivity contribution >= 4 is 54.3 Å². The number of carbonyl (C=O) groups is 2. The summed E-state index contributed by atoms with van der Waals surface area (Å²) in [6, 6.07) is 16.9. The molecule has 0 radical (unpaired) electrons. The van der Waals surface area contributed by atoms with Gasteiger partial charge in [-0.25, -0.2) is 16.8 Å². The van der Waals surface area contributed by atoms with Crippen molar-refractivity contribution in [1.82, 2.24) is 4.72 Å². The number of sulfonamides is 2. The topological polar surface area (TPSA) is 161 Å². The number of benzene rings is 3. The highest BCUT2D eigenvalue weighted by molar-refractivity contribution is 7.92. The van der Waals surface area contributed by atoms with E-state index in [1.807, 2.05) is 0 Å². The van der Waals surface area contributed by atoms with Gasteiger partial charge in [0.25, 0.3) is 5.91 Å². The lowest BCUT2D eigenvalue weighted by Gasteiger charge is -2.19. The lowest BCUT2D eigenvalue weighted by Crippen LogP contribution is -2.44. The highest BCUT2D eigenvalue weighted by Crippen LogP contribution is 2.33. The number of hydrogen-bond donors (Lipinski definition) is 3. The van der Waals surface area contributed by atoms with Crippen LogP contribution in [0.5, 0.6) is 0 Å². The Kier molecular flexibility index (Phi) is 8.76. The van der Waals surface area contributed by atoms with Crippen molar-refractivity contribution in [2.75, 3.05) is 23.4 Å². The quantitative estimate of drug-likeness (QED) is 0.220. The molecule has 13 heteroatoms. The van der Waals surface area contributed by atoms with Gasteiger partial charge in [0, 0.05) is 16.6 Å². The predicted molar refractivity (Wildman–Crippen MR) is 160 cm³/mol. The zero-order valence-electron chi connectivity index (χ0n) is 23.6. The van der Waals surface area contributed by atoms with Crippen LogP contribution in [0, 0.1) is 12.8 Å². The van der Waals surface area contributed by atoms with Gasteiger partial charge < -0.3 is 14.5 Å². The maximum atomic E-state index is 13.0. The van der Waals surface area contributed by atoms with Crippen molar-refractivity contribution in [1.29, 1.82) is 0 Å². The summed E-state index contributed by atoms with van der Waals surface area (Å²) in [6.45, 7) is 5.11. The summed E-state index contributed by atoms with van der Waals surface area (Å²) in [6.07, 6.45) is 1.04. The van der Waals surface area contributed by atoms with Gasteiger partial charge in [0.05, 0.1) is 23.9 Å². The smallest absolute Gasteiger partial charge is 0.324 e. The lowest BCUT2D eigenvalue weighted by molar-refractivity contribution is -0.143. The minimum absolute atomic E-state index is 0.000727. The molecule has 0 saturated heterocycles. The monoisotopic (exact) mass is 613 g/mol. The Bertz CT molecular complexity index is 1850. The Hall–Kier alpha value is -4.20. The molecule has 1 atom stereocenters. The second-order valence-corrected chi connectivity index (χ2v) is 13.5. The summed E-state index contributed by atoms with van der Waals surface area (Å²) in [5.41, 5.74) is 3.17. The van der Waals surface area contributed by atoms with E-state index < -0.39 is 38.0 Å². The first-order valence-corrected chi connectivity index (χ1v) is 16.2. The molecule has 3 aromatic carbocycles. The number of fused-ring (bicyclic) bond motifs is 1. The van der Waals surface area contributed by atoms with Crippen LogP contribution in [-0.4, -0.2) is 48.1 Å². The Morgan fingerprint density at radius 1 is 0.881 bits per heavy atom. The number of esters is 1. The van der Waals surface area contributed by atoms with Gasteiger partial charge >= 0.3 is 5.97 Å². The summed E-state index contributed by atoms with van der Waals surface area (Å²) >= 11 is 0. The molecule has 11 nitrogen and oxygen atoms in total. The summed E-state index contributed by atoms with van der Waals surface area (Å²) in [5, 5.41) is 3.27. The maximum Gasteiger partial charge on any atom is 0.324 e. The molecule has 1 heterocycles. The molecular weight excluding hydrogens is 582 g/mol. The average molecular weight is 614 g/mol. The number of nitrogens with one attached hydrogen (secondary N) is 3. The van der Waals surface area contributed by atoms with Crippen molar-refractivity contribution < 1.29 is 35.6 Å². The molecule has 0 fully saturated rings. The van der Waals surface area contributed by atoms with Crippen LogP contribution >= 0.6 is 0 Å². The van der Waals surface area contributed by atoms with E-state index in [-0.39, 0.29) is 16.6 Å². The minimum atomic E-state index is -3.97. The standard InChI is InChI=1S/C29H31N3O8S2/c1-17(2)26(29(34)39-4)32-42(37,38)22-15-11-20(12-16-22)19-9-13-21(14-10-19)30-28(33)27-18(3)25-23(31-41(5,35)36)7-6-8-24(25)40-27/h6-17,26,31-32H,1-5H3,(H,30,33). The average Bonchev–Trinajstić information content (AvgIpc) is 3.28. The Morgan fingerprint density at radius 3 is 2.02 bits per heavy atom. The number of carbonyl (C=O) groups excluding carboxylic acids is 2. The van der Waals surface area contributed by atoms with E-state index in [0.717, 1.165) is 17.4 Å². The Morgan fingerprint density at radius 2 is 1.48 bits per heavy atom. The van der Waals surface area contributed by atoms with Crippen LogP contribution < -0.4 is 14.8 Å². The van der Waals surface area contributed by atoms with Crippen LogP contribution in [0.4, 0.5) is 11.4 Å². The molecule has 4 aromatic rings. The fraction of sp³-hybridized carbons (Fsp3) is 0.241. The van der Waals surface area contributed by atoms with Crippen LogP contribution in [0.15, 0.2) is 76.0 Å². The number of furan rings is 1. The SMILES string of the molecule is COC(=O)C(NS(=O)(=O)c1ccc(-c2ccc(NC(=O)c3oc4cccc(NS(C)(=O)=O)c4c3C)cc2)cc1)C(C)C. The number of hydrogen-bond acceptors (Lipinski definition) is 8. The first-order chi connectivity index (χ1) is 19.7. The zero-order chi connectivity index (χ0) is 30.8. The summed E-state index contributed by atoms with van der Waals surface area (Å²) in [7, 11) is -6.30. The van der Waals surface area contributed by atoms with E-state index in [1.54, 1.807) is 75.4 Å². The van der Waals surface area contributed by atoms with Crippen molar-refractivity contribution in [2.45, 2.75) is 31.7 Å². The molecule has 0 saturated carbocycles. The lowest BCUT2D eigenvalue weighted by atomic mass is 10.1. The Balaban J connectivity index is 1.49. The van der Waals surface area contributed by atoms with Crippen LogP contribution in [0.2, 0.25) is 0 Å². The fourth-order valence-electron chi connectivity index (χ4n) is 4.38. The zero-order valence-corrected chi connectivity index (χ0v) is 25.2. The van der Waals surface area contributed by atoms with E-state index in [4.69, 9.17) is 9.15 Å². The number of anilines is 2. The maximum absolute atomic E-state index is 13.0. The van der Waals surface area contributed by atoms with Gasteiger partial charge in [0.15, 0.2) is 5.76 Å². The summed E-state index contributed by atoms with van der Waals surface area (Å²) in [4.78, 5) is 25.0. The molecule has 1 unspecified atom stereocenters. The summed E-state index contributed by atoms with van der Waals surface area (Å²) < 4.78 is 64.5. The predicted octanol–water partition coefficient (Wildman–Crippen LogP) is 4.51. The number of ether oxygens (including phenoxy) is 1. The van der Waals surface area contributed by atoms with E-state index in [0.29, 0.717) is 27.9 Å². The molecule has 3 N–H and O–H groups in total. The highest BCUT2D eigenvalue weighted by atomic mass is 32.2. The third kappa shape index (κ3) is 6.81. The highest BCUT2D eigenvalue weighted by Gasteiger charge is 2.29. The van der Waals surface area contributed by atoms with Gasteiger partial charge in [-0.05, 0) is 60.4 Å². The largest absolute Gasteiger partial charge is 0.468 e. The van der Waals surface area contributed by atoms with Crippen molar-refractivity contribution in [2.24, 2.45) is 5.92 Å². The minimum Gasteiger partial charge on any atom is -0.468 e. The first-order valence-electron chi connectivity index (χ1n) is 12.8. The number of aryl methyl sites for hydroxylation is 1. The normalized spacial score (nSPS) is 12.7.